The summed E-state index contributed by atoms with van der Waals surface area (Å²) in [5, 5.41) is 0. The van der Waals surface area contributed by atoms with Gasteiger partial charge in [-0.15, -0.1) is 0 Å². The van der Waals surface area contributed by atoms with Crippen LogP contribution in [-0.2, 0) is 0 Å². The first-order valence-corrected chi connectivity index (χ1v) is 9.31. The van der Waals surface area contributed by atoms with Gasteiger partial charge in [0, 0.05) is 0 Å². The minimum atomic E-state index is 0.217. The Kier molecular flexibility index (Phi) is 6.49. The molecule has 0 aromatic rings. The SMILES string of the molecule is Cl[Se][Se]Cl. The van der Waals surface area contributed by atoms with Gasteiger partial charge in [0.1, 0.15) is 0 Å². The Bertz CT molecular complexity index is 6.00. The van der Waals surface area contributed by atoms with E-state index >= 15 is 0 Å². The van der Waals surface area contributed by atoms with Crippen molar-refractivity contribution in [1.82, 2.24) is 0 Å². The molecular weight excluding hydrogens is 229 g/mol. The number of hydrogen-bond donors (Lipinski definition) is 0. The number of hydrogen-bond acceptors (Lipinski definition) is 0. The zero-order valence-electron chi connectivity index (χ0n) is 1.57. The van der Waals surface area contributed by atoms with E-state index in [1.54, 1.807) is 0 Å². The third kappa shape index (κ3) is 3.62. The van der Waals surface area contributed by atoms with Crippen LogP contribution in [0.25, 0.3) is 0 Å². The van der Waals surface area contributed by atoms with Crippen molar-refractivity contribution in [3.63, 3.8) is 0 Å². The topological polar surface area (TPSA) is 0 Å². The van der Waals surface area contributed by atoms with Gasteiger partial charge in [-0.05, 0) is 0 Å². The molecule has 0 saturated heterocycles. The van der Waals surface area contributed by atoms with Gasteiger partial charge >= 0.3 is 44.6 Å². The molecule has 0 radical (unpaired) electrons. The summed E-state index contributed by atoms with van der Waals surface area (Å²) in [5.74, 6) is 0. The molecule has 0 aliphatic rings. The summed E-state index contributed by atoms with van der Waals surface area (Å²) < 4.78 is 0. The summed E-state index contributed by atoms with van der Waals surface area (Å²) >= 11 is 0.434. The van der Waals surface area contributed by atoms with E-state index in [2.05, 4.69) is 0 Å². The summed E-state index contributed by atoms with van der Waals surface area (Å²) in [4.78, 5) is 0. The standard InChI is InChI=1S/Cl2Se2/c1-3-4-2. The fourth-order valence-electron chi connectivity index (χ4n) is 0. The molecule has 0 spiro atoms. The normalized spacial score (nSPS) is 7.50. The maximum atomic E-state index is 5.14. The van der Waals surface area contributed by atoms with Crippen molar-refractivity contribution in [2.24, 2.45) is 0 Å². The van der Waals surface area contributed by atoms with Gasteiger partial charge in [0.25, 0.3) is 0 Å². The molecule has 0 N–H and O–H groups in total. The average Bonchev–Trinajstić information content (AvgIpc) is 1.37. The molecule has 0 aromatic carbocycles. The second-order valence-corrected chi connectivity index (χ2v) is 10.2. The average molecular weight is 229 g/mol. The fraction of sp³-hybridized carbons (Fsp3) is 0. The van der Waals surface area contributed by atoms with Gasteiger partial charge in [-0.25, -0.2) is 0 Å². The third-order valence-electron chi connectivity index (χ3n) is 0.0238. The molecule has 0 heterocycles. The van der Waals surface area contributed by atoms with Crippen molar-refractivity contribution in [1.29, 1.82) is 0 Å². The van der Waals surface area contributed by atoms with E-state index in [0.717, 1.165) is 0 Å². The van der Waals surface area contributed by atoms with E-state index < -0.39 is 0 Å². The number of halogens is 2. The molecule has 0 rings (SSSR count). The molecule has 0 bridgehead atoms. The first-order valence-electron chi connectivity index (χ1n) is 0.475. The molecule has 0 amide bonds. The molecule has 0 aromatic heterocycles. The van der Waals surface area contributed by atoms with Crippen LogP contribution in [-0.4, -0.2) is 24.4 Å². The van der Waals surface area contributed by atoms with Gasteiger partial charge in [-0.3, -0.25) is 0 Å². The van der Waals surface area contributed by atoms with Gasteiger partial charge in [-0.2, -0.15) is 0 Å². The van der Waals surface area contributed by atoms with E-state index in [-0.39, 0.29) is 24.4 Å². The van der Waals surface area contributed by atoms with Gasteiger partial charge in [-0.1, -0.05) is 0 Å². The third-order valence-corrected chi connectivity index (χ3v) is 5.79. The molecule has 4 heteroatoms. The van der Waals surface area contributed by atoms with Crippen LogP contribution < -0.4 is 0 Å². The summed E-state index contributed by atoms with van der Waals surface area (Å²) in [6.07, 6.45) is 0. The van der Waals surface area contributed by atoms with Gasteiger partial charge in [0.2, 0.25) is 0 Å². The van der Waals surface area contributed by atoms with Crippen LogP contribution >= 0.6 is 20.2 Å². The zero-order chi connectivity index (χ0) is 3.41. The molecule has 0 fully saturated rings. The van der Waals surface area contributed by atoms with Crippen LogP contribution in [0.1, 0.15) is 0 Å². The predicted molar refractivity (Wildman–Crippen MR) is 23.2 cm³/mol. The van der Waals surface area contributed by atoms with Crippen LogP contribution in [0.3, 0.4) is 0 Å². The van der Waals surface area contributed by atoms with E-state index in [1.165, 1.54) is 0 Å². The van der Waals surface area contributed by atoms with Crippen LogP contribution in [0.5, 0.6) is 0 Å². The second kappa shape index (κ2) is 4.62. The summed E-state index contributed by atoms with van der Waals surface area (Å²) in [5.41, 5.74) is 0. The van der Waals surface area contributed by atoms with E-state index in [0.29, 0.717) is 0 Å². The Hall–Kier alpha value is 1.62. The molecule has 0 atom stereocenters. The summed E-state index contributed by atoms with van der Waals surface area (Å²) in [6, 6.07) is 0. The van der Waals surface area contributed by atoms with Crippen molar-refractivity contribution >= 4 is 44.6 Å². The Labute approximate surface area is 44.5 Å². The van der Waals surface area contributed by atoms with Crippen LogP contribution in [0.15, 0.2) is 0 Å². The molecule has 4 heavy (non-hydrogen) atoms. The van der Waals surface area contributed by atoms with Gasteiger partial charge in [0.15, 0.2) is 0 Å². The van der Waals surface area contributed by atoms with Gasteiger partial charge in [0.05, 0.1) is 0 Å². The maximum absolute atomic E-state index is 5.14. The first-order chi connectivity index (χ1) is 1.91. The molecular formula is Cl2Se2. The van der Waals surface area contributed by atoms with Gasteiger partial charge < -0.3 is 0 Å². The Morgan fingerprint density at radius 1 is 1.00 bits per heavy atom. The van der Waals surface area contributed by atoms with Crippen molar-refractivity contribution in [3.8, 4) is 0 Å². The van der Waals surface area contributed by atoms with E-state index in [1.807, 2.05) is 0 Å². The number of rotatable bonds is 1. The Morgan fingerprint density at radius 2 is 1.25 bits per heavy atom. The van der Waals surface area contributed by atoms with Crippen molar-refractivity contribution < 1.29 is 0 Å². The van der Waals surface area contributed by atoms with Crippen molar-refractivity contribution in [2.45, 2.75) is 0 Å². The van der Waals surface area contributed by atoms with Crippen LogP contribution in [0.4, 0.5) is 0 Å². The molecule has 0 nitrogen and oxygen atoms in total. The summed E-state index contributed by atoms with van der Waals surface area (Å²) in [6.45, 7) is 0. The molecule has 0 aliphatic heterocycles. The van der Waals surface area contributed by atoms with E-state index in [9.17, 15) is 0 Å². The van der Waals surface area contributed by atoms with Crippen LogP contribution in [0.2, 0.25) is 0 Å². The molecule has 0 saturated carbocycles. The van der Waals surface area contributed by atoms with Crippen LogP contribution in [0, 0.1) is 0 Å². The Balaban J connectivity index is 1.97. The predicted octanol–water partition coefficient (Wildman–Crippen LogP) is 0.617. The monoisotopic (exact) mass is 230 g/mol. The minimum absolute atomic E-state index is 0.217. The van der Waals surface area contributed by atoms with E-state index in [4.69, 9.17) is 20.2 Å². The first kappa shape index (κ1) is 5.62. The second-order valence-electron chi connectivity index (χ2n) is 0.126. The Morgan fingerprint density at radius 3 is 1.25 bits per heavy atom. The molecule has 0 aliphatic carbocycles. The zero-order valence-corrected chi connectivity index (χ0v) is 6.51. The fourth-order valence-corrected chi connectivity index (χ4v) is 0. The van der Waals surface area contributed by atoms with Crippen molar-refractivity contribution in [2.75, 3.05) is 0 Å². The quantitative estimate of drug-likeness (QED) is 0.578. The molecule has 0 unspecified atom stereocenters. The summed E-state index contributed by atoms with van der Waals surface area (Å²) in [7, 11) is 10.3. The molecule has 26 valence electrons. The van der Waals surface area contributed by atoms with Crippen molar-refractivity contribution in [3.05, 3.63) is 0 Å².